The van der Waals surface area contributed by atoms with Crippen LogP contribution < -0.4 is 5.32 Å². The molecule has 0 fully saturated rings. The van der Waals surface area contributed by atoms with Gasteiger partial charge in [-0.05, 0) is 59.1 Å². The molecule has 0 aliphatic heterocycles. The molecule has 88 valence electrons. The Morgan fingerprint density at radius 3 is 2.53 bits per heavy atom. The predicted octanol–water partition coefficient (Wildman–Crippen LogP) is 4.97. The van der Waals surface area contributed by atoms with Crippen LogP contribution in [0.15, 0.2) is 39.4 Å². The highest BCUT2D eigenvalue weighted by atomic mass is 79.9. The summed E-state index contributed by atoms with van der Waals surface area (Å²) >= 11 is 6.91. The van der Waals surface area contributed by atoms with E-state index in [-0.39, 0.29) is 0 Å². The molecule has 0 spiro atoms. The van der Waals surface area contributed by atoms with Crippen molar-refractivity contribution in [2.24, 2.45) is 0 Å². The van der Waals surface area contributed by atoms with E-state index in [4.69, 9.17) is 0 Å². The molecule has 2 aromatic rings. The molecule has 0 radical (unpaired) electrons. The van der Waals surface area contributed by atoms with Crippen LogP contribution in [-0.2, 0) is 0 Å². The molecule has 4 heteroatoms. The van der Waals surface area contributed by atoms with E-state index in [9.17, 15) is 0 Å². The molecular weight excluding hydrogens is 344 g/mol. The van der Waals surface area contributed by atoms with E-state index in [1.54, 1.807) is 0 Å². The van der Waals surface area contributed by atoms with E-state index in [0.29, 0.717) is 0 Å². The summed E-state index contributed by atoms with van der Waals surface area (Å²) in [6.07, 6.45) is 1.81. The van der Waals surface area contributed by atoms with Crippen LogP contribution in [0.25, 0.3) is 0 Å². The fraction of sp³-hybridized carbons (Fsp3) is 0.154. The summed E-state index contributed by atoms with van der Waals surface area (Å²) in [6, 6.07) is 8.16. The second-order valence-corrected chi connectivity index (χ2v) is 5.67. The fourth-order valence-corrected chi connectivity index (χ4v) is 2.05. The summed E-state index contributed by atoms with van der Waals surface area (Å²) in [4.78, 5) is 4.33. The van der Waals surface area contributed by atoms with Crippen LogP contribution in [0.2, 0.25) is 0 Å². The van der Waals surface area contributed by atoms with Gasteiger partial charge in [0.15, 0.2) is 0 Å². The number of halogens is 2. The summed E-state index contributed by atoms with van der Waals surface area (Å²) in [6.45, 7) is 4.12. The molecule has 0 atom stereocenters. The maximum Gasteiger partial charge on any atom is 0.130 e. The van der Waals surface area contributed by atoms with Gasteiger partial charge in [0.2, 0.25) is 0 Å². The highest BCUT2D eigenvalue weighted by molar-refractivity contribution is 9.10. The van der Waals surface area contributed by atoms with E-state index >= 15 is 0 Å². The monoisotopic (exact) mass is 354 g/mol. The molecule has 0 unspecified atom stereocenters. The van der Waals surface area contributed by atoms with Crippen LogP contribution in [0.1, 0.15) is 11.1 Å². The zero-order chi connectivity index (χ0) is 12.4. The van der Waals surface area contributed by atoms with Crippen LogP contribution >= 0.6 is 31.9 Å². The molecule has 1 aromatic heterocycles. The number of hydrogen-bond acceptors (Lipinski definition) is 2. The van der Waals surface area contributed by atoms with Gasteiger partial charge in [-0.2, -0.15) is 0 Å². The van der Waals surface area contributed by atoms with Crippen LogP contribution in [0, 0.1) is 13.8 Å². The average Bonchev–Trinajstić information content (AvgIpc) is 2.29. The molecule has 0 saturated carbocycles. The van der Waals surface area contributed by atoms with Gasteiger partial charge in [-0.1, -0.05) is 22.0 Å². The van der Waals surface area contributed by atoms with Crippen molar-refractivity contribution < 1.29 is 0 Å². The molecule has 1 aromatic carbocycles. The highest BCUT2D eigenvalue weighted by Gasteiger charge is 2.02. The molecule has 0 bridgehead atoms. The number of aromatic nitrogens is 1. The molecule has 1 N–H and O–H groups in total. The minimum atomic E-state index is 0.854. The first-order valence-corrected chi connectivity index (χ1v) is 6.80. The van der Waals surface area contributed by atoms with Gasteiger partial charge in [-0.3, -0.25) is 0 Å². The van der Waals surface area contributed by atoms with Gasteiger partial charge in [0, 0.05) is 20.8 Å². The van der Waals surface area contributed by atoms with Crippen LogP contribution in [0.4, 0.5) is 11.5 Å². The molecular formula is C13H12Br2N2. The van der Waals surface area contributed by atoms with Crippen molar-refractivity contribution in [1.29, 1.82) is 0 Å². The third-order valence-electron chi connectivity index (χ3n) is 2.51. The minimum Gasteiger partial charge on any atom is -0.340 e. The van der Waals surface area contributed by atoms with E-state index in [2.05, 4.69) is 55.2 Å². The first-order valence-electron chi connectivity index (χ1n) is 5.21. The topological polar surface area (TPSA) is 24.9 Å². The first kappa shape index (κ1) is 12.6. The molecule has 2 nitrogen and oxygen atoms in total. The van der Waals surface area contributed by atoms with Gasteiger partial charge in [-0.15, -0.1) is 0 Å². The van der Waals surface area contributed by atoms with E-state index in [0.717, 1.165) is 26.0 Å². The standard InChI is InChI=1S/C13H12Br2N2/c1-8-3-4-10(14)6-12(8)17-13-5-9(2)11(15)7-16-13/h3-7H,1-2H3,(H,16,17). The van der Waals surface area contributed by atoms with Gasteiger partial charge in [-0.25, -0.2) is 4.98 Å². The number of aryl methyl sites for hydroxylation is 2. The minimum absolute atomic E-state index is 0.854. The Labute approximate surface area is 118 Å². The molecule has 0 aliphatic rings. The van der Waals surface area contributed by atoms with Crippen molar-refractivity contribution >= 4 is 43.4 Å². The lowest BCUT2D eigenvalue weighted by atomic mass is 10.2. The molecule has 0 saturated heterocycles. The lowest BCUT2D eigenvalue weighted by Crippen LogP contribution is -1.96. The van der Waals surface area contributed by atoms with Crippen LogP contribution in [-0.4, -0.2) is 4.98 Å². The number of hydrogen-bond donors (Lipinski definition) is 1. The van der Waals surface area contributed by atoms with Crippen molar-refractivity contribution in [2.45, 2.75) is 13.8 Å². The number of pyridine rings is 1. The SMILES string of the molecule is Cc1cc(Nc2cc(Br)ccc2C)ncc1Br. The van der Waals surface area contributed by atoms with Crippen molar-refractivity contribution in [3.05, 3.63) is 50.5 Å². The van der Waals surface area contributed by atoms with Crippen molar-refractivity contribution in [3.63, 3.8) is 0 Å². The second-order valence-electron chi connectivity index (χ2n) is 3.90. The van der Waals surface area contributed by atoms with E-state index in [1.807, 2.05) is 31.3 Å². The van der Waals surface area contributed by atoms with Gasteiger partial charge in [0.1, 0.15) is 5.82 Å². The fourth-order valence-electron chi connectivity index (χ4n) is 1.47. The molecule has 0 amide bonds. The predicted molar refractivity (Wildman–Crippen MR) is 78.8 cm³/mol. The maximum absolute atomic E-state index is 4.33. The Balaban J connectivity index is 2.31. The van der Waals surface area contributed by atoms with Gasteiger partial charge in [0.05, 0.1) is 0 Å². The largest absolute Gasteiger partial charge is 0.340 e. The lowest BCUT2D eigenvalue weighted by Gasteiger charge is -2.10. The summed E-state index contributed by atoms with van der Waals surface area (Å²) < 4.78 is 2.08. The molecule has 1 heterocycles. The third-order valence-corrected chi connectivity index (χ3v) is 3.83. The van der Waals surface area contributed by atoms with E-state index < -0.39 is 0 Å². The Kier molecular flexibility index (Phi) is 3.84. The highest BCUT2D eigenvalue weighted by Crippen LogP contribution is 2.25. The number of benzene rings is 1. The molecule has 2 rings (SSSR count). The summed E-state index contributed by atoms with van der Waals surface area (Å²) in [7, 11) is 0. The number of anilines is 2. The maximum atomic E-state index is 4.33. The van der Waals surface area contributed by atoms with Gasteiger partial charge >= 0.3 is 0 Å². The molecule has 0 aliphatic carbocycles. The van der Waals surface area contributed by atoms with E-state index in [1.165, 1.54) is 5.56 Å². The van der Waals surface area contributed by atoms with Crippen LogP contribution in [0.3, 0.4) is 0 Å². The Morgan fingerprint density at radius 1 is 1.06 bits per heavy atom. The smallest absolute Gasteiger partial charge is 0.130 e. The summed E-state index contributed by atoms with van der Waals surface area (Å²) in [5, 5.41) is 3.32. The van der Waals surface area contributed by atoms with Crippen molar-refractivity contribution in [2.75, 3.05) is 5.32 Å². The number of nitrogens with zero attached hydrogens (tertiary/aromatic N) is 1. The quantitative estimate of drug-likeness (QED) is 0.822. The number of nitrogens with one attached hydrogen (secondary N) is 1. The first-order chi connectivity index (χ1) is 8.06. The zero-order valence-corrected chi connectivity index (χ0v) is 12.8. The number of rotatable bonds is 2. The average molecular weight is 356 g/mol. The normalized spacial score (nSPS) is 10.4. The van der Waals surface area contributed by atoms with Gasteiger partial charge < -0.3 is 5.32 Å². The zero-order valence-electron chi connectivity index (χ0n) is 9.59. The van der Waals surface area contributed by atoms with Crippen molar-refractivity contribution in [3.8, 4) is 0 Å². The van der Waals surface area contributed by atoms with Crippen molar-refractivity contribution in [1.82, 2.24) is 4.98 Å². The molecule has 17 heavy (non-hydrogen) atoms. The van der Waals surface area contributed by atoms with Crippen LogP contribution in [0.5, 0.6) is 0 Å². The van der Waals surface area contributed by atoms with Gasteiger partial charge in [0.25, 0.3) is 0 Å². The Hall–Kier alpha value is -0.870. The Bertz CT molecular complexity index is 553. The second kappa shape index (κ2) is 5.19. The Morgan fingerprint density at radius 2 is 1.82 bits per heavy atom. The third kappa shape index (κ3) is 3.07. The summed E-state index contributed by atoms with van der Waals surface area (Å²) in [5.41, 5.74) is 3.42. The summed E-state index contributed by atoms with van der Waals surface area (Å²) in [5.74, 6) is 0.854. The lowest BCUT2D eigenvalue weighted by molar-refractivity contribution is 1.24.